The summed E-state index contributed by atoms with van der Waals surface area (Å²) in [5.74, 6) is 1.66. The minimum absolute atomic E-state index is 0.163. The van der Waals surface area contributed by atoms with Gasteiger partial charge < -0.3 is 9.47 Å². The number of benzene rings is 2. The van der Waals surface area contributed by atoms with Crippen molar-refractivity contribution in [2.75, 3.05) is 14.2 Å². The fourth-order valence-electron chi connectivity index (χ4n) is 3.53. The van der Waals surface area contributed by atoms with Crippen molar-refractivity contribution in [3.63, 3.8) is 0 Å². The van der Waals surface area contributed by atoms with E-state index in [-0.39, 0.29) is 5.92 Å². The number of rotatable bonds is 6. The van der Waals surface area contributed by atoms with Crippen LogP contribution in [0.15, 0.2) is 65.3 Å². The monoisotopic (exact) mass is 361 g/mol. The molecule has 3 heteroatoms. The average molecular weight is 361 g/mol. The molecule has 0 aromatic heterocycles. The van der Waals surface area contributed by atoms with Gasteiger partial charge in [0.05, 0.1) is 14.2 Å². The lowest BCUT2D eigenvalue weighted by molar-refractivity contribution is 0.354. The molecule has 1 atom stereocenters. The SMILES string of the molecule is C=C1C=C(C(Cc2ccc(OC)c(OC)c2)c2cccc(C)c2C)N=CC1. The van der Waals surface area contributed by atoms with Gasteiger partial charge in [0.25, 0.3) is 0 Å². The van der Waals surface area contributed by atoms with E-state index in [4.69, 9.17) is 14.5 Å². The lowest BCUT2D eigenvalue weighted by atomic mass is 9.84. The van der Waals surface area contributed by atoms with Gasteiger partial charge in [0.15, 0.2) is 11.5 Å². The smallest absolute Gasteiger partial charge is 0.160 e. The minimum Gasteiger partial charge on any atom is -0.493 e. The van der Waals surface area contributed by atoms with Crippen molar-refractivity contribution >= 4 is 6.21 Å². The average Bonchev–Trinajstić information content (AvgIpc) is 2.68. The van der Waals surface area contributed by atoms with E-state index >= 15 is 0 Å². The van der Waals surface area contributed by atoms with Gasteiger partial charge in [0.1, 0.15) is 0 Å². The largest absolute Gasteiger partial charge is 0.493 e. The summed E-state index contributed by atoms with van der Waals surface area (Å²) in [5, 5.41) is 0. The lowest BCUT2D eigenvalue weighted by Crippen LogP contribution is -2.10. The van der Waals surface area contributed by atoms with Gasteiger partial charge in [-0.1, -0.05) is 30.8 Å². The zero-order valence-corrected chi connectivity index (χ0v) is 16.6. The van der Waals surface area contributed by atoms with Crippen molar-refractivity contribution < 1.29 is 9.47 Å². The number of allylic oxidation sites excluding steroid dienone is 3. The molecular weight excluding hydrogens is 334 g/mol. The molecule has 0 radical (unpaired) electrons. The van der Waals surface area contributed by atoms with Gasteiger partial charge in [0, 0.05) is 24.3 Å². The second-order valence-electron chi connectivity index (χ2n) is 6.98. The van der Waals surface area contributed by atoms with E-state index in [9.17, 15) is 0 Å². The van der Waals surface area contributed by atoms with Crippen molar-refractivity contribution in [2.45, 2.75) is 32.6 Å². The molecule has 0 saturated carbocycles. The summed E-state index contributed by atoms with van der Waals surface area (Å²) in [5.41, 5.74) is 7.27. The molecule has 0 bridgehead atoms. The van der Waals surface area contributed by atoms with Crippen LogP contribution >= 0.6 is 0 Å². The van der Waals surface area contributed by atoms with E-state index in [2.05, 4.69) is 56.8 Å². The van der Waals surface area contributed by atoms with E-state index in [1.807, 2.05) is 12.3 Å². The third-order valence-electron chi connectivity index (χ3n) is 5.21. The van der Waals surface area contributed by atoms with Crippen molar-refractivity contribution in [2.24, 2.45) is 4.99 Å². The maximum Gasteiger partial charge on any atom is 0.160 e. The molecule has 0 saturated heterocycles. The second kappa shape index (κ2) is 8.26. The van der Waals surface area contributed by atoms with Crippen molar-refractivity contribution in [3.8, 4) is 11.5 Å². The summed E-state index contributed by atoms with van der Waals surface area (Å²) >= 11 is 0. The molecule has 0 spiro atoms. The lowest BCUT2D eigenvalue weighted by Gasteiger charge is -2.23. The van der Waals surface area contributed by atoms with Crippen molar-refractivity contribution in [1.29, 1.82) is 0 Å². The highest BCUT2D eigenvalue weighted by Crippen LogP contribution is 2.36. The Morgan fingerprint density at radius 3 is 2.56 bits per heavy atom. The van der Waals surface area contributed by atoms with Gasteiger partial charge in [-0.25, -0.2) is 0 Å². The van der Waals surface area contributed by atoms with Gasteiger partial charge >= 0.3 is 0 Å². The van der Waals surface area contributed by atoms with Crippen LogP contribution in [0.4, 0.5) is 0 Å². The fraction of sp³-hybridized carbons (Fsp3) is 0.292. The van der Waals surface area contributed by atoms with Gasteiger partial charge in [-0.2, -0.15) is 0 Å². The number of aryl methyl sites for hydroxylation is 1. The Balaban J connectivity index is 2.04. The van der Waals surface area contributed by atoms with Crippen LogP contribution in [-0.4, -0.2) is 20.4 Å². The molecule has 0 amide bonds. The molecular formula is C24H27NO2. The van der Waals surface area contributed by atoms with Gasteiger partial charge in [0.2, 0.25) is 0 Å². The number of aliphatic imine (C=N–C) groups is 1. The summed E-state index contributed by atoms with van der Waals surface area (Å²) in [6.45, 7) is 8.48. The Morgan fingerprint density at radius 1 is 1.07 bits per heavy atom. The molecule has 1 unspecified atom stereocenters. The van der Waals surface area contributed by atoms with E-state index < -0.39 is 0 Å². The molecule has 0 aliphatic carbocycles. The highest BCUT2D eigenvalue weighted by atomic mass is 16.5. The topological polar surface area (TPSA) is 30.8 Å². The first kappa shape index (κ1) is 19.0. The molecule has 3 nitrogen and oxygen atoms in total. The number of methoxy groups -OCH3 is 2. The summed E-state index contributed by atoms with van der Waals surface area (Å²) in [6, 6.07) is 12.6. The third kappa shape index (κ3) is 4.13. The first-order valence-corrected chi connectivity index (χ1v) is 9.22. The van der Waals surface area contributed by atoms with Crippen LogP contribution in [0.2, 0.25) is 0 Å². The van der Waals surface area contributed by atoms with Crippen LogP contribution in [0, 0.1) is 13.8 Å². The normalized spacial score (nSPS) is 14.7. The van der Waals surface area contributed by atoms with Gasteiger partial charge in [-0.15, -0.1) is 0 Å². The second-order valence-corrected chi connectivity index (χ2v) is 6.98. The molecule has 1 heterocycles. The number of hydrogen-bond donors (Lipinski definition) is 0. The maximum absolute atomic E-state index is 5.49. The predicted octanol–water partition coefficient (Wildman–Crippen LogP) is 5.56. The molecule has 27 heavy (non-hydrogen) atoms. The van der Waals surface area contributed by atoms with Crippen molar-refractivity contribution in [3.05, 3.63) is 82.6 Å². The van der Waals surface area contributed by atoms with E-state index in [1.165, 1.54) is 22.3 Å². The molecule has 0 fully saturated rings. The van der Waals surface area contributed by atoms with Crippen LogP contribution in [-0.2, 0) is 6.42 Å². The standard InChI is InChI=1S/C24H27NO2/c1-16-11-12-25-22(13-16)21(20-8-6-7-17(2)18(20)3)14-19-9-10-23(26-4)24(15-19)27-5/h6-10,12-13,15,21H,1,11,14H2,2-5H3. The molecule has 0 N–H and O–H groups in total. The maximum atomic E-state index is 5.49. The number of nitrogens with zero attached hydrogens (tertiary/aromatic N) is 1. The molecule has 2 aromatic carbocycles. The summed E-state index contributed by atoms with van der Waals surface area (Å²) in [4.78, 5) is 4.72. The van der Waals surface area contributed by atoms with Crippen molar-refractivity contribution in [1.82, 2.24) is 0 Å². The van der Waals surface area contributed by atoms with E-state index in [0.717, 1.165) is 35.6 Å². The van der Waals surface area contributed by atoms with Crippen LogP contribution in [0.5, 0.6) is 11.5 Å². The highest BCUT2D eigenvalue weighted by Gasteiger charge is 2.22. The molecule has 2 aromatic rings. The van der Waals surface area contributed by atoms with Gasteiger partial charge in [-0.3, -0.25) is 4.99 Å². The van der Waals surface area contributed by atoms with Gasteiger partial charge in [-0.05, 0) is 66.3 Å². The molecule has 3 rings (SSSR count). The minimum atomic E-state index is 0.163. The zero-order valence-electron chi connectivity index (χ0n) is 16.6. The Bertz CT molecular complexity index is 909. The molecule has 1 aliphatic heterocycles. The Kier molecular flexibility index (Phi) is 5.80. The summed E-state index contributed by atoms with van der Waals surface area (Å²) < 4.78 is 10.9. The quantitative estimate of drug-likeness (QED) is 0.674. The number of hydrogen-bond acceptors (Lipinski definition) is 3. The third-order valence-corrected chi connectivity index (χ3v) is 5.21. The van der Waals surface area contributed by atoms with E-state index in [0.29, 0.717) is 0 Å². The van der Waals surface area contributed by atoms with Crippen LogP contribution in [0.3, 0.4) is 0 Å². The predicted molar refractivity (Wildman–Crippen MR) is 112 cm³/mol. The van der Waals surface area contributed by atoms with Crippen LogP contribution in [0.25, 0.3) is 0 Å². The summed E-state index contributed by atoms with van der Waals surface area (Å²) in [7, 11) is 3.32. The van der Waals surface area contributed by atoms with E-state index in [1.54, 1.807) is 14.2 Å². The molecule has 140 valence electrons. The Hall–Kier alpha value is -2.81. The Labute approximate surface area is 162 Å². The highest BCUT2D eigenvalue weighted by molar-refractivity contribution is 5.67. The summed E-state index contributed by atoms with van der Waals surface area (Å²) in [6.07, 6.45) is 5.75. The first-order chi connectivity index (χ1) is 13.0. The van der Waals surface area contributed by atoms with Crippen LogP contribution in [0.1, 0.15) is 34.6 Å². The first-order valence-electron chi connectivity index (χ1n) is 9.22. The fourth-order valence-corrected chi connectivity index (χ4v) is 3.53. The number of ether oxygens (including phenoxy) is 2. The zero-order chi connectivity index (χ0) is 19.4. The molecule has 1 aliphatic rings. The van der Waals surface area contributed by atoms with Crippen LogP contribution < -0.4 is 9.47 Å². The Morgan fingerprint density at radius 2 is 1.85 bits per heavy atom.